The quantitative estimate of drug-likeness (QED) is 0.142. The molecule has 0 unspecified atom stereocenters. The third-order valence-electron chi connectivity index (χ3n) is 9.80. The topological polar surface area (TPSA) is 139 Å². The average Bonchev–Trinajstić information content (AvgIpc) is 3.57. The van der Waals surface area contributed by atoms with Crippen molar-refractivity contribution >= 4 is 34.8 Å². The zero-order valence-corrected chi connectivity index (χ0v) is 30.4. The maximum atomic E-state index is 13.5. The highest BCUT2D eigenvalue weighted by molar-refractivity contribution is 6.39. The van der Waals surface area contributed by atoms with Gasteiger partial charge in [-0.1, -0.05) is 65.7 Å². The molecule has 270 valence electrons. The number of carbonyl (C=O) groups excluding carboxylic acids is 1. The van der Waals surface area contributed by atoms with Crippen LogP contribution in [0.1, 0.15) is 36.1 Å². The van der Waals surface area contributed by atoms with Gasteiger partial charge < -0.3 is 30.5 Å². The summed E-state index contributed by atoms with van der Waals surface area (Å²) in [6.07, 6.45) is 3.20. The summed E-state index contributed by atoms with van der Waals surface area (Å²) in [5, 5.41) is 20.9. The minimum Gasteiger partial charge on any atom is -0.481 e. The Bertz CT molecular complexity index is 2190. The molecule has 3 aromatic heterocycles. The Morgan fingerprint density at radius 3 is 2.46 bits per heavy atom. The highest BCUT2D eigenvalue weighted by Crippen LogP contribution is 2.42. The molecule has 2 aromatic carbocycles. The van der Waals surface area contributed by atoms with Gasteiger partial charge in [0.05, 0.1) is 41.1 Å². The number of nitrogens with zero attached hydrogens (tertiary/aromatic N) is 3. The second-order valence-corrected chi connectivity index (χ2v) is 13.9. The van der Waals surface area contributed by atoms with E-state index in [0.29, 0.717) is 77.8 Å². The molecule has 0 bridgehead atoms. The molecule has 0 aliphatic carbocycles. The van der Waals surface area contributed by atoms with E-state index in [1.165, 1.54) is 0 Å². The number of aliphatic hydroxyl groups excluding tert-OH is 1. The fraction of sp³-hybridized carbons (Fsp3) is 0.333. The van der Waals surface area contributed by atoms with Crippen LogP contribution in [-0.4, -0.2) is 70.4 Å². The van der Waals surface area contributed by atoms with Gasteiger partial charge in [-0.15, -0.1) is 0 Å². The summed E-state index contributed by atoms with van der Waals surface area (Å²) in [4.78, 5) is 34.6. The van der Waals surface area contributed by atoms with Crippen molar-refractivity contribution in [3.63, 3.8) is 0 Å². The molecule has 5 heterocycles. The monoisotopic (exact) mass is 742 g/mol. The molecule has 7 rings (SSSR count). The molecule has 5 aromatic rings. The molecule has 0 saturated carbocycles. The minimum absolute atomic E-state index is 0.0615. The fourth-order valence-corrected chi connectivity index (χ4v) is 7.55. The first kappa shape index (κ1) is 36.0. The van der Waals surface area contributed by atoms with E-state index in [2.05, 4.69) is 16.0 Å². The van der Waals surface area contributed by atoms with Crippen LogP contribution in [0.3, 0.4) is 0 Å². The molecule has 52 heavy (non-hydrogen) atoms. The highest BCUT2D eigenvalue weighted by Gasteiger charge is 2.24. The van der Waals surface area contributed by atoms with Crippen molar-refractivity contribution in [2.75, 3.05) is 26.9 Å². The number of amides is 1. The van der Waals surface area contributed by atoms with E-state index in [1.807, 2.05) is 67.6 Å². The van der Waals surface area contributed by atoms with Gasteiger partial charge in [-0.2, -0.15) is 0 Å². The molecule has 13 heteroatoms. The van der Waals surface area contributed by atoms with Crippen molar-refractivity contribution in [2.45, 2.75) is 57.5 Å². The Balaban J connectivity index is 1.13. The van der Waals surface area contributed by atoms with Crippen LogP contribution < -0.4 is 26.2 Å². The molecule has 4 N–H and O–H groups in total. The highest BCUT2D eigenvalue weighted by atomic mass is 35.5. The first-order valence-corrected chi connectivity index (χ1v) is 18.1. The Kier molecular flexibility index (Phi) is 10.9. The Hall–Kier alpha value is -4.36. The van der Waals surface area contributed by atoms with Crippen LogP contribution in [0.4, 0.5) is 0 Å². The third kappa shape index (κ3) is 7.43. The zero-order chi connectivity index (χ0) is 36.4. The maximum absolute atomic E-state index is 13.5. The maximum Gasteiger partial charge on any atom is 0.262 e. The number of halogens is 2. The number of hydrogen-bond donors (Lipinski definition) is 4. The first-order valence-electron chi connectivity index (χ1n) is 17.3. The van der Waals surface area contributed by atoms with Gasteiger partial charge in [-0.3, -0.25) is 14.0 Å². The van der Waals surface area contributed by atoms with E-state index in [4.69, 9.17) is 42.6 Å². The van der Waals surface area contributed by atoms with Crippen molar-refractivity contribution in [1.82, 2.24) is 30.3 Å². The predicted octanol–water partition coefficient (Wildman–Crippen LogP) is 5.32. The summed E-state index contributed by atoms with van der Waals surface area (Å²) >= 11 is 14.2. The van der Waals surface area contributed by atoms with Crippen LogP contribution in [0.25, 0.3) is 39.2 Å². The van der Waals surface area contributed by atoms with Gasteiger partial charge in [0.25, 0.3) is 5.56 Å². The lowest BCUT2D eigenvalue weighted by Crippen LogP contribution is -2.46. The van der Waals surface area contributed by atoms with E-state index in [9.17, 15) is 14.7 Å². The van der Waals surface area contributed by atoms with Crippen LogP contribution in [0, 0.1) is 6.92 Å². The van der Waals surface area contributed by atoms with Gasteiger partial charge in [0, 0.05) is 84.5 Å². The number of nitrogens with one attached hydrogen (secondary N) is 3. The molecule has 2 saturated heterocycles. The first-order chi connectivity index (χ1) is 25.2. The second kappa shape index (κ2) is 15.7. The molecular weight excluding hydrogens is 703 g/mol. The van der Waals surface area contributed by atoms with Gasteiger partial charge in [0.15, 0.2) is 0 Å². The van der Waals surface area contributed by atoms with Gasteiger partial charge in [-0.05, 0) is 43.5 Å². The summed E-state index contributed by atoms with van der Waals surface area (Å²) in [5.74, 6) is 0.529. The third-order valence-corrected chi connectivity index (χ3v) is 10.6. The smallest absolute Gasteiger partial charge is 0.262 e. The van der Waals surface area contributed by atoms with Crippen molar-refractivity contribution < 1.29 is 19.4 Å². The summed E-state index contributed by atoms with van der Waals surface area (Å²) in [7, 11) is 1.58. The number of methoxy groups -OCH3 is 1. The van der Waals surface area contributed by atoms with Gasteiger partial charge in [0.1, 0.15) is 5.65 Å². The Morgan fingerprint density at radius 2 is 1.73 bits per heavy atom. The molecule has 1 amide bonds. The van der Waals surface area contributed by atoms with Crippen LogP contribution in [0.2, 0.25) is 10.0 Å². The molecule has 2 aliphatic heterocycles. The molecule has 2 fully saturated rings. The van der Waals surface area contributed by atoms with Crippen molar-refractivity contribution in [1.29, 1.82) is 0 Å². The number of carbonyl (C=O) groups is 1. The van der Waals surface area contributed by atoms with Crippen LogP contribution in [-0.2, 0) is 22.6 Å². The number of rotatable bonds is 11. The summed E-state index contributed by atoms with van der Waals surface area (Å²) in [6, 6.07) is 19.1. The van der Waals surface area contributed by atoms with Crippen molar-refractivity contribution in [3.05, 3.63) is 104 Å². The standard InChI is InChI=1S/C39H40Cl2N6O5/c1-22-30(20-42-19-25-10-12-35(49)45-25)39(50)47-15-13-23(17-34(47)44-22)26-5-3-6-27(36(26)40)28-7-4-8-29(37(28)41)31-11-9-24(38(46-31)51-2)18-43-32-14-16-52-21-33(32)48/h3-9,11,13,15,17,25,32-33,42-43,48H,10,12,14,16,18-21H2,1-2H3,(H,45,49)/t25-,32+,33+/m0/s1. The summed E-state index contributed by atoms with van der Waals surface area (Å²) in [5.41, 5.74) is 6.87. The van der Waals surface area contributed by atoms with Crippen LogP contribution in [0.15, 0.2) is 71.7 Å². The van der Waals surface area contributed by atoms with Crippen LogP contribution >= 0.6 is 23.2 Å². The lowest BCUT2D eigenvalue weighted by molar-refractivity contribution is -0.119. The van der Waals surface area contributed by atoms with Gasteiger partial charge in [-0.25, -0.2) is 9.97 Å². The number of fused-ring (bicyclic) bond motifs is 1. The number of benzene rings is 2. The largest absolute Gasteiger partial charge is 0.481 e. The molecule has 3 atom stereocenters. The van der Waals surface area contributed by atoms with Crippen molar-refractivity contribution in [3.8, 4) is 39.4 Å². The molecule has 11 nitrogen and oxygen atoms in total. The fourth-order valence-electron chi connectivity index (χ4n) is 6.89. The number of aryl methyl sites for hydroxylation is 1. The SMILES string of the molecule is COc1nc(-c2cccc(-c3cccc(-c4ccn5c(=O)c(CNC[C@@H]6CCC(=O)N6)c(C)nc5c4)c3Cl)c2Cl)ccc1CN[C@@H]1CCOC[C@H]1O. The number of hydrogen-bond acceptors (Lipinski definition) is 9. The predicted molar refractivity (Wildman–Crippen MR) is 202 cm³/mol. The van der Waals surface area contributed by atoms with Crippen LogP contribution in [0.5, 0.6) is 5.88 Å². The lowest BCUT2D eigenvalue weighted by Gasteiger charge is -2.28. The molecule has 0 spiro atoms. The van der Waals surface area contributed by atoms with E-state index in [-0.39, 0.29) is 23.6 Å². The van der Waals surface area contributed by atoms with Gasteiger partial charge in [0.2, 0.25) is 11.8 Å². The summed E-state index contributed by atoms with van der Waals surface area (Å²) in [6.45, 7) is 4.18. The van der Waals surface area contributed by atoms with E-state index >= 15 is 0 Å². The molecular formula is C39H40Cl2N6O5. The second-order valence-electron chi connectivity index (χ2n) is 13.2. The Morgan fingerprint density at radius 1 is 0.981 bits per heavy atom. The molecule has 2 aliphatic rings. The summed E-state index contributed by atoms with van der Waals surface area (Å²) < 4.78 is 12.5. The van der Waals surface area contributed by atoms with E-state index < -0.39 is 6.10 Å². The number of aliphatic hydroxyl groups is 1. The molecule has 0 radical (unpaired) electrons. The van der Waals surface area contributed by atoms with E-state index in [0.717, 1.165) is 46.2 Å². The Labute approximate surface area is 311 Å². The number of pyridine rings is 2. The van der Waals surface area contributed by atoms with E-state index in [1.54, 1.807) is 17.7 Å². The van der Waals surface area contributed by atoms with Crippen molar-refractivity contribution in [2.24, 2.45) is 0 Å². The average molecular weight is 744 g/mol. The number of aromatic nitrogens is 3. The number of ether oxygens (including phenoxy) is 2. The lowest BCUT2D eigenvalue weighted by atomic mass is 9.97. The van der Waals surface area contributed by atoms with Gasteiger partial charge >= 0.3 is 0 Å². The normalized spacial score (nSPS) is 18.9. The zero-order valence-electron chi connectivity index (χ0n) is 28.9. The minimum atomic E-state index is -0.563.